The smallest absolute Gasteiger partial charge is 0.356 e. The predicted molar refractivity (Wildman–Crippen MR) is 133 cm³/mol. The number of nitrogens with zero attached hydrogens (tertiary/aromatic N) is 3. The molecule has 2 aromatic heterocycles. The number of carbonyl (C=O) groups is 2. The number of benzene rings is 2. The van der Waals surface area contributed by atoms with Gasteiger partial charge in [-0.2, -0.15) is 5.10 Å². The Hall–Kier alpha value is -4.44. The Labute approximate surface area is 207 Å². The second-order valence-electron chi connectivity index (χ2n) is 8.21. The highest BCUT2D eigenvalue weighted by atomic mass is 16.5. The zero-order valence-corrected chi connectivity index (χ0v) is 20.7. The maximum Gasteiger partial charge on any atom is 0.356 e. The van der Waals surface area contributed by atoms with Gasteiger partial charge in [-0.1, -0.05) is 35.4 Å². The zero-order chi connectivity index (χ0) is 26.6. The number of aliphatic hydroxyl groups is 1. The van der Waals surface area contributed by atoms with E-state index in [1.165, 1.54) is 16.5 Å². The van der Waals surface area contributed by atoms with E-state index in [0.717, 1.165) is 16.8 Å². The summed E-state index contributed by atoms with van der Waals surface area (Å²) in [6.07, 6.45) is 0. The number of H-pyrrole nitrogens is 1. The number of hydrogen-bond donors (Lipinski definition) is 3. The van der Waals surface area contributed by atoms with Crippen LogP contribution in [0.25, 0.3) is 11.4 Å². The van der Waals surface area contributed by atoms with Crippen LogP contribution in [-0.2, 0) is 11.3 Å². The molecular formula is C26H28N4O6. The van der Waals surface area contributed by atoms with E-state index in [1.807, 2.05) is 62.4 Å². The lowest BCUT2D eigenvalue weighted by molar-refractivity contribution is 0.0591. The number of carbonyl (C=O) groups excluding carboxylic acids is 1. The normalized spacial score (nSPS) is 10.5. The lowest BCUT2D eigenvalue weighted by Gasteiger charge is -2.06. The molecule has 0 atom stereocenters. The number of methoxy groups -OCH3 is 1. The highest BCUT2D eigenvalue weighted by Gasteiger charge is 2.20. The molecule has 4 aromatic rings. The largest absolute Gasteiger partial charge is 0.476 e. The molecule has 0 saturated carbocycles. The molecule has 2 heterocycles. The van der Waals surface area contributed by atoms with Crippen molar-refractivity contribution in [2.24, 2.45) is 0 Å². The van der Waals surface area contributed by atoms with Crippen LogP contribution >= 0.6 is 0 Å². The number of aromatic carboxylic acids is 1. The van der Waals surface area contributed by atoms with Gasteiger partial charge < -0.3 is 14.9 Å². The average molecular weight is 493 g/mol. The van der Waals surface area contributed by atoms with Gasteiger partial charge in [-0.3, -0.25) is 9.89 Å². The fourth-order valence-electron chi connectivity index (χ4n) is 3.52. The molecule has 0 fully saturated rings. The molecule has 0 aliphatic rings. The molecule has 4 rings (SSSR count). The zero-order valence-electron chi connectivity index (χ0n) is 20.7. The second kappa shape index (κ2) is 10.9. The minimum absolute atomic E-state index is 0.0281. The van der Waals surface area contributed by atoms with Crippen LogP contribution in [0.2, 0.25) is 0 Å². The van der Waals surface area contributed by atoms with E-state index in [0.29, 0.717) is 22.5 Å². The van der Waals surface area contributed by atoms with Crippen LogP contribution in [0.15, 0.2) is 53.3 Å². The topological polar surface area (TPSA) is 139 Å². The fraction of sp³-hybridized carbons (Fsp3) is 0.231. The first-order chi connectivity index (χ1) is 17.1. The van der Waals surface area contributed by atoms with E-state index in [2.05, 4.69) is 14.9 Å². The van der Waals surface area contributed by atoms with Gasteiger partial charge in [0.1, 0.15) is 5.69 Å². The summed E-state index contributed by atoms with van der Waals surface area (Å²) in [6, 6.07) is 14.9. The number of nitrogens with one attached hydrogen (secondary N) is 1. The minimum Gasteiger partial charge on any atom is -0.476 e. The summed E-state index contributed by atoms with van der Waals surface area (Å²) in [6.45, 7) is 6.92. The van der Waals surface area contributed by atoms with Gasteiger partial charge in [-0.05, 0) is 52.0 Å². The molecule has 0 aliphatic heterocycles. The summed E-state index contributed by atoms with van der Waals surface area (Å²) in [5.41, 5.74) is 4.87. The van der Waals surface area contributed by atoms with Crippen molar-refractivity contribution in [2.45, 2.75) is 34.3 Å². The first-order valence-corrected chi connectivity index (χ1v) is 11.1. The van der Waals surface area contributed by atoms with Gasteiger partial charge in [-0.15, -0.1) is 0 Å². The van der Waals surface area contributed by atoms with Gasteiger partial charge in [-0.25, -0.2) is 19.0 Å². The third-order valence-corrected chi connectivity index (χ3v) is 5.68. The van der Waals surface area contributed by atoms with E-state index in [-0.39, 0.29) is 23.6 Å². The van der Waals surface area contributed by atoms with Gasteiger partial charge in [0, 0.05) is 11.1 Å². The van der Waals surface area contributed by atoms with Crippen LogP contribution in [0.4, 0.5) is 0 Å². The number of carboxylic acids is 1. The molecule has 2 aromatic carbocycles. The average Bonchev–Trinajstić information content (AvgIpc) is 3.36. The van der Waals surface area contributed by atoms with E-state index in [1.54, 1.807) is 13.8 Å². The number of aromatic amines is 1. The molecule has 10 heteroatoms. The van der Waals surface area contributed by atoms with Crippen molar-refractivity contribution in [1.29, 1.82) is 0 Å². The van der Waals surface area contributed by atoms with Crippen molar-refractivity contribution >= 4 is 11.9 Å². The number of aromatic nitrogens is 4. The van der Waals surface area contributed by atoms with Gasteiger partial charge in [0.15, 0.2) is 5.69 Å². The number of aryl methyl sites for hydroxylation is 2. The number of esters is 1. The Kier molecular flexibility index (Phi) is 7.90. The summed E-state index contributed by atoms with van der Waals surface area (Å²) in [4.78, 5) is 34.5. The summed E-state index contributed by atoms with van der Waals surface area (Å²) < 4.78 is 7.42. The molecule has 10 nitrogen and oxygen atoms in total. The number of ether oxygens (including phenoxy) is 1. The van der Waals surface area contributed by atoms with Crippen molar-refractivity contribution in [3.63, 3.8) is 0 Å². The minimum atomic E-state index is -1.09. The molecule has 188 valence electrons. The molecule has 0 bridgehead atoms. The van der Waals surface area contributed by atoms with Crippen LogP contribution in [-0.4, -0.2) is 48.8 Å². The Balaban J connectivity index is 0.000000201. The number of rotatable bonds is 5. The highest BCUT2D eigenvalue weighted by molar-refractivity contribution is 5.88. The quantitative estimate of drug-likeness (QED) is 0.363. The molecule has 36 heavy (non-hydrogen) atoms. The Morgan fingerprint density at radius 3 is 1.92 bits per heavy atom. The predicted octanol–water partition coefficient (Wildman–Crippen LogP) is 3.25. The molecular weight excluding hydrogens is 464 g/mol. The lowest BCUT2D eigenvalue weighted by atomic mass is 10.2. The number of carboxylic acid groups (broad SMARTS) is 1. The van der Waals surface area contributed by atoms with Crippen molar-refractivity contribution in [3.05, 3.63) is 98.2 Å². The van der Waals surface area contributed by atoms with Crippen LogP contribution in [0.5, 0.6) is 0 Å². The maximum atomic E-state index is 12.0. The third-order valence-electron chi connectivity index (χ3n) is 5.68. The summed E-state index contributed by atoms with van der Waals surface area (Å²) in [5, 5.41) is 25.2. The van der Waals surface area contributed by atoms with E-state index in [9.17, 15) is 19.5 Å². The first-order valence-electron chi connectivity index (χ1n) is 11.1. The molecule has 0 amide bonds. The Bertz CT molecular complexity index is 1440. The summed E-state index contributed by atoms with van der Waals surface area (Å²) in [7, 11) is 1.28. The maximum absolute atomic E-state index is 12.0. The van der Waals surface area contributed by atoms with Crippen molar-refractivity contribution in [2.75, 3.05) is 7.11 Å². The van der Waals surface area contributed by atoms with Gasteiger partial charge in [0.25, 0.3) is 5.56 Å². The van der Waals surface area contributed by atoms with Gasteiger partial charge >= 0.3 is 11.9 Å². The van der Waals surface area contributed by atoms with Crippen molar-refractivity contribution in [1.82, 2.24) is 19.6 Å². The highest BCUT2D eigenvalue weighted by Crippen LogP contribution is 2.19. The van der Waals surface area contributed by atoms with Crippen molar-refractivity contribution < 1.29 is 24.5 Å². The van der Waals surface area contributed by atoms with E-state index in [4.69, 9.17) is 5.11 Å². The van der Waals surface area contributed by atoms with E-state index >= 15 is 0 Å². The lowest BCUT2D eigenvalue weighted by Crippen LogP contribution is -2.15. The monoisotopic (exact) mass is 492 g/mol. The SMILES string of the molecule is COC(=O)c1[nH]n(-c2ccc(C)cc2)c(=O)c1C.Cc1ccc(-n2nc(C(=O)O)c(C)c2CO)cc1. The van der Waals surface area contributed by atoms with Crippen LogP contribution in [0, 0.1) is 27.7 Å². The van der Waals surface area contributed by atoms with Crippen LogP contribution in [0.3, 0.4) is 0 Å². The second-order valence-corrected chi connectivity index (χ2v) is 8.21. The van der Waals surface area contributed by atoms with Crippen LogP contribution in [0.1, 0.15) is 48.9 Å². The molecule has 0 radical (unpaired) electrons. The number of aliphatic hydroxyl groups excluding tert-OH is 1. The molecule has 0 saturated heterocycles. The van der Waals surface area contributed by atoms with Gasteiger partial charge in [0.2, 0.25) is 0 Å². The summed E-state index contributed by atoms with van der Waals surface area (Å²) >= 11 is 0. The molecule has 0 unspecified atom stereocenters. The molecule has 0 spiro atoms. The number of hydrogen-bond acceptors (Lipinski definition) is 6. The van der Waals surface area contributed by atoms with Crippen LogP contribution < -0.4 is 5.56 Å². The Morgan fingerprint density at radius 2 is 1.44 bits per heavy atom. The van der Waals surface area contributed by atoms with Gasteiger partial charge in [0.05, 0.1) is 30.8 Å². The van der Waals surface area contributed by atoms with Crippen molar-refractivity contribution in [3.8, 4) is 11.4 Å². The van der Waals surface area contributed by atoms with E-state index < -0.39 is 11.9 Å². The first kappa shape index (κ1) is 26.2. The summed E-state index contributed by atoms with van der Waals surface area (Å²) in [5.74, 6) is -1.64. The molecule has 0 aliphatic carbocycles. The third kappa shape index (κ3) is 5.28. The molecule has 3 N–H and O–H groups in total. The Morgan fingerprint density at radius 1 is 0.917 bits per heavy atom. The standard InChI is InChI=1S/2C13H14N2O3/c1-8-4-6-10(7-5-8)15-12(16)9(2)11(14-15)13(17)18-3;1-8-3-5-10(6-4-8)15-11(7-16)9(2)12(14-15)13(17)18/h4-7,14H,1-3H3;3-6,16H,7H2,1-2H3,(H,17,18). The fourth-order valence-corrected chi connectivity index (χ4v) is 3.52.